The molecule has 4 rings (SSSR count). The number of anilines is 1. The lowest BCUT2D eigenvalue weighted by molar-refractivity contribution is 0.0705. The Kier molecular flexibility index (Phi) is 3.81. The molecule has 128 valence electrons. The van der Waals surface area contributed by atoms with Gasteiger partial charge in [0, 0.05) is 48.5 Å². The lowest BCUT2D eigenvalue weighted by Crippen LogP contribution is -2.28. The molecule has 1 aromatic carbocycles. The van der Waals surface area contributed by atoms with Crippen molar-refractivity contribution in [3.05, 3.63) is 53.2 Å². The number of carbonyl (C=O) groups is 1. The Morgan fingerprint density at radius 1 is 1.24 bits per heavy atom. The van der Waals surface area contributed by atoms with Crippen LogP contribution in [0.3, 0.4) is 0 Å². The van der Waals surface area contributed by atoms with Gasteiger partial charge in [-0.25, -0.2) is 19.8 Å². The molecule has 3 N–H and O–H groups in total. The molecule has 0 saturated heterocycles. The summed E-state index contributed by atoms with van der Waals surface area (Å²) in [6.45, 7) is 1.41. The molecule has 1 amide bonds. The number of aromatic amines is 1. The van der Waals surface area contributed by atoms with Gasteiger partial charge < -0.3 is 9.88 Å². The molecule has 0 fully saturated rings. The van der Waals surface area contributed by atoms with E-state index in [0.29, 0.717) is 19.0 Å². The van der Waals surface area contributed by atoms with E-state index in [1.54, 1.807) is 17.6 Å². The Morgan fingerprint density at radius 3 is 2.76 bits per heavy atom. The Bertz CT molecular complexity index is 938. The maximum atomic E-state index is 13.6. The van der Waals surface area contributed by atoms with E-state index in [1.807, 2.05) is 4.90 Å². The van der Waals surface area contributed by atoms with Gasteiger partial charge in [-0.3, -0.25) is 10.0 Å². The molecule has 3 heterocycles. The van der Waals surface area contributed by atoms with Gasteiger partial charge in [0.2, 0.25) is 5.95 Å². The van der Waals surface area contributed by atoms with Crippen molar-refractivity contribution in [3.8, 4) is 0 Å². The van der Waals surface area contributed by atoms with Crippen molar-refractivity contribution in [1.29, 1.82) is 0 Å². The molecule has 2 aromatic heterocycles. The molecule has 1 aliphatic heterocycles. The van der Waals surface area contributed by atoms with Crippen LogP contribution in [0.2, 0.25) is 0 Å². The third-order valence-electron chi connectivity index (χ3n) is 4.50. The number of hydroxylamine groups is 1. The third kappa shape index (κ3) is 2.80. The number of rotatable bonds is 2. The Hall–Kier alpha value is -3.00. The summed E-state index contributed by atoms with van der Waals surface area (Å²) < 4.78 is 13.6. The Labute approximate surface area is 142 Å². The van der Waals surface area contributed by atoms with Crippen molar-refractivity contribution in [2.45, 2.75) is 12.8 Å². The van der Waals surface area contributed by atoms with Crippen LogP contribution in [0, 0.1) is 5.82 Å². The second kappa shape index (κ2) is 6.14. The maximum Gasteiger partial charge on any atom is 0.277 e. The van der Waals surface area contributed by atoms with E-state index in [2.05, 4.69) is 15.0 Å². The number of carbonyl (C=O) groups excluding carboxylic acids is 1. The van der Waals surface area contributed by atoms with Crippen molar-refractivity contribution in [2.24, 2.45) is 0 Å². The number of nitrogens with zero attached hydrogens (tertiary/aromatic N) is 3. The molecule has 0 aliphatic carbocycles. The molecule has 3 aromatic rings. The zero-order valence-electron chi connectivity index (χ0n) is 13.3. The topological polar surface area (TPSA) is 94.1 Å². The van der Waals surface area contributed by atoms with E-state index < -0.39 is 5.91 Å². The number of hydrogen-bond donors (Lipinski definition) is 3. The van der Waals surface area contributed by atoms with Gasteiger partial charge >= 0.3 is 0 Å². The van der Waals surface area contributed by atoms with Gasteiger partial charge in [0.15, 0.2) is 0 Å². The summed E-state index contributed by atoms with van der Waals surface area (Å²) in [5.74, 6) is -0.363. The van der Waals surface area contributed by atoms with E-state index in [0.717, 1.165) is 35.0 Å². The molecule has 25 heavy (non-hydrogen) atoms. The predicted molar refractivity (Wildman–Crippen MR) is 89.2 cm³/mol. The molecular weight excluding hydrogens is 325 g/mol. The maximum absolute atomic E-state index is 13.6. The average Bonchev–Trinajstić information content (AvgIpc) is 2.84. The van der Waals surface area contributed by atoms with Crippen LogP contribution in [-0.2, 0) is 12.8 Å². The van der Waals surface area contributed by atoms with Gasteiger partial charge in [-0.2, -0.15) is 0 Å². The van der Waals surface area contributed by atoms with E-state index in [9.17, 15) is 9.18 Å². The van der Waals surface area contributed by atoms with E-state index in [-0.39, 0.29) is 11.4 Å². The van der Waals surface area contributed by atoms with Gasteiger partial charge in [0.25, 0.3) is 5.91 Å². The highest BCUT2D eigenvalue weighted by atomic mass is 19.1. The van der Waals surface area contributed by atoms with E-state index in [1.165, 1.54) is 18.5 Å². The molecule has 8 heteroatoms. The Balaban J connectivity index is 1.57. The highest BCUT2D eigenvalue weighted by Gasteiger charge is 2.20. The highest BCUT2D eigenvalue weighted by Crippen LogP contribution is 2.27. The SMILES string of the molecule is O=C(NO)c1cnc(N2CCc3[nH]c4ccc(F)cc4c3CC2)nc1. The number of H-pyrrole nitrogens is 1. The zero-order chi connectivity index (χ0) is 17.4. The largest absolute Gasteiger partial charge is 0.358 e. The summed E-state index contributed by atoms with van der Waals surface area (Å²) in [6.07, 6.45) is 4.28. The lowest BCUT2D eigenvalue weighted by Gasteiger charge is -2.20. The van der Waals surface area contributed by atoms with Gasteiger partial charge in [-0.1, -0.05) is 0 Å². The van der Waals surface area contributed by atoms with Crippen LogP contribution in [0.25, 0.3) is 10.9 Å². The smallest absolute Gasteiger partial charge is 0.277 e. The van der Waals surface area contributed by atoms with Crippen molar-refractivity contribution in [1.82, 2.24) is 20.4 Å². The van der Waals surface area contributed by atoms with Crippen molar-refractivity contribution in [2.75, 3.05) is 18.0 Å². The number of aromatic nitrogens is 3. The number of hydrogen-bond acceptors (Lipinski definition) is 5. The number of fused-ring (bicyclic) bond motifs is 3. The highest BCUT2D eigenvalue weighted by molar-refractivity contribution is 5.92. The predicted octanol–water partition coefficient (Wildman–Crippen LogP) is 1.82. The lowest BCUT2D eigenvalue weighted by atomic mass is 10.1. The van der Waals surface area contributed by atoms with Crippen LogP contribution < -0.4 is 10.4 Å². The molecule has 1 aliphatic rings. The molecule has 0 saturated carbocycles. The molecule has 0 unspecified atom stereocenters. The van der Waals surface area contributed by atoms with Gasteiger partial charge in [-0.15, -0.1) is 0 Å². The van der Waals surface area contributed by atoms with Crippen LogP contribution in [0.15, 0.2) is 30.6 Å². The average molecular weight is 341 g/mol. The molecule has 0 bridgehead atoms. The first kappa shape index (κ1) is 15.5. The van der Waals surface area contributed by atoms with Gasteiger partial charge in [0.1, 0.15) is 5.82 Å². The molecule has 0 radical (unpaired) electrons. The van der Waals surface area contributed by atoms with Crippen LogP contribution in [0.5, 0.6) is 0 Å². The first-order valence-electron chi connectivity index (χ1n) is 7.96. The summed E-state index contributed by atoms with van der Waals surface area (Å²) in [5, 5.41) is 9.55. The summed E-state index contributed by atoms with van der Waals surface area (Å²) in [4.78, 5) is 25.2. The van der Waals surface area contributed by atoms with Crippen LogP contribution in [-0.4, -0.2) is 39.2 Å². The van der Waals surface area contributed by atoms with E-state index >= 15 is 0 Å². The minimum absolute atomic E-state index is 0.188. The summed E-state index contributed by atoms with van der Waals surface area (Å²) in [7, 11) is 0. The van der Waals surface area contributed by atoms with Crippen molar-refractivity contribution < 1.29 is 14.4 Å². The fourth-order valence-corrected chi connectivity index (χ4v) is 3.25. The summed E-state index contributed by atoms with van der Waals surface area (Å²) >= 11 is 0. The number of halogens is 1. The summed E-state index contributed by atoms with van der Waals surface area (Å²) in [6, 6.07) is 4.80. The minimum Gasteiger partial charge on any atom is -0.358 e. The minimum atomic E-state index is -0.647. The fourth-order valence-electron chi connectivity index (χ4n) is 3.25. The number of benzene rings is 1. The van der Waals surface area contributed by atoms with Crippen LogP contribution in [0.4, 0.5) is 10.3 Å². The summed E-state index contributed by atoms with van der Waals surface area (Å²) in [5.41, 5.74) is 4.94. The number of nitrogens with one attached hydrogen (secondary N) is 2. The van der Waals surface area contributed by atoms with Crippen molar-refractivity contribution in [3.63, 3.8) is 0 Å². The zero-order valence-corrected chi connectivity index (χ0v) is 13.3. The van der Waals surface area contributed by atoms with E-state index in [4.69, 9.17) is 5.21 Å². The van der Waals surface area contributed by atoms with Gasteiger partial charge in [-0.05, 0) is 30.2 Å². The second-order valence-electron chi connectivity index (χ2n) is 5.97. The molecular formula is C17H16FN5O2. The fraction of sp³-hybridized carbons (Fsp3) is 0.235. The third-order valence-corrected chi connectivity index (χ3v) is 4.50. The van der Waals surface area contributed by atoms with Crippen LogP contribution >= 0.6 is 0 Å². The quantitative estimate of drug-likeness (QED) is 0.488. The van der Waals surface area contributed by atoms with Gasteiger partial charge in [0.05, 0.1) is 5.56 Å². The van der Waals surface area contributed by atoms with Crippen molar-refractivity contribution >= 4 is 22.8 Å². The number of amides is 1. The molecule has 0 spiro atoms. The second-order valence-corrected chi connectivity index (χ2v) is 5.97. The normalized spacial score (nSPS) is 14.2. The molecule has 7 nitrogen and oxygen atoms in total. The monoisotopic (exact) mass is 341 g/mol. The standard InChI is InChI=1S/C17H16FN5O2/c18-11-1-2-14-13(7-11)12-3-5-23(6-4-15(12)21-14)17-19-8-10(9-20-17)16(24)22-25/h1-2,7-9,21,25H,3-6H2,(H,22,24). The van der Waals surface area contributed by atoms with Crippen LogP contribution in [0.1, 0.15) is 21.6 Å². The first-order valence-corrected chi connectivity index (χ1v) is 7.96. The first-order chi connectivity index (χ1) is 12.2. The Morgan fingerprint density at radius 2 is 2.00 bits per heavy atom. The molecule has 0 atom stereocenters.